The molecular formula is C24H31N3O3S. The molecule has 0 radical (unpaired) electrons. The van der Waals surface area contributed by atoms with Crippen LogP contribution in [0.1, 0.15) is 35.2 Å². The number of ether oxygens (including phenoxy) is 1. The van der Waals surface area contributed by atoms with E-state index in [0.29, 0.717) is 44.4 Å². The third-order valence-corrected chi connectivity index (χ3v) is 7.13. The predicted molar refractivity (Wildman–Crippen MR) is 125 cm³/mol. The SMILES string of the molecule is COCCN(Cc1nc2sc3c(c2c(=O)[nH]1)CC[C@@H](C)C3)C[C@H](O)Cc1ccccc1. The van der Waals surface area contributed by atoms with Crippen molar-refractivity contribution in [2.75, 3.05) is 26.8 Å². The van der Waals surface area contributed by atoms with Crippen molar-refractivity contribution in [3.05, 3.63) is 62.5 Å². The molecular weight excluding hydrogens is 410 g/mol. The van der Waals surface area contributed by atoms with Crippen molar-refractivity contribution in [3.8, 4) is 0 Å². The number of thiophene rings is 1. The van der Waals surface area contributed by atoms with Gasteiger partial charge in [0.25, 0.3) is 5.56 Å². The van der Waals surface area contributed by atoms with E-state index in [1.807, 2.05) is 30.3 Å². The fourth-order valence-corrected chi connectivity index (χ4v) is 5.79. The Kier molecular flexibility index (Phi) is 7.17. The molecule has 2 N–H and O–H groups in total. The molecule has 0 aliphatic heterocycles. The monoisotopic (exact) mass is 441 g/mol. The van der Waals surface area contributed by atoms with Gasteiger partial charge in [0.05, 0.1) is 24.6 Å². The number of nitrogens with one attached hydrogen (secondary N) is 1. The quantitative estimate of drug-likeness (QED) is 0.533. The van der Waals surface area contributed by atoms with Crippen LogP contribution in [0.5, 0.6) is 0 Å². The second-order valence-electron chi connectivity index (χ2n) is 8.62. The summed E-state index contributed by atoms with van der Waals surface area (Å²) in [5, 5.41) is 11.4. The number of benzene rings is 1. The van der Waals surface area contributed by atoms with Crippen LogP contribution in [-0.4, -0.2) is 52.9 Å². The second-order valence-corrected chi connectivity index (χ2v) is 9.70. The first-order chi connectivity index (χ1) is 15.0. The van der Waals surface area contributed by atoms with Crippen LogP contribution in [0.25, 0.3) is 10.2 Å². The third kappa shape index (κ3) is 5.41. The molecule has 0 bridgehead atoms. The van der Waals surface area contributed by atoms with Gasteiger partial charge in [0.1, 0.15) is 10.7 Å². The first kappa shape index (κ1) is 22.1. The molecule has 0 fully saturated rings. The minimum atomic E-state index is -0.509. The first-order valence-electron chi connectivity index (χ1n) is 11.0. The minimum absolute atomic E-state index is 0.0384. The van der Waals surface area contributed by atoms with Gasteiger partial charge in [-0.3, -0.25) is 9.69 Å². The second kappa shape index (κ2) is 10.0. The normalized spacial score (nSPS) is 17.2. The number of hydrogen-bond donors (Lipinski definition) is 2. The van der Waals surface area contributed by atoms with Crippen molar-refractivity contribution in [2.24, 2.45) is 5.92 Å². The Morgan fingerprint density at radius 2 is 2.16 bits per heavy atom. The fraction of sp³-hybridized carbons (Fsp3) is 0.500. The van der Waals surface area contributed by atoms with E-state index >= 15 is 0 Å². The van der Waals surface area contributed by atoms with Gasteiger partial charge in [0.15, 0.2) is 0 Å². The summed E-state index contributed by atoms with van der Waals surface area (Å²) >= 11 is 1.67. The van der Waals surface area contributed by atoms with Gasteiger partial charge in [-0.15, -0.1) is 11.3 Å². The number of hydrogen-bond acceptors (Lipinski definition) is 6. The van der Waals surface area contributed by atoms with E-state index in [2.05, 4.69) is 16.8 Å². The Morgan fingerprint density at radius 1 is 1.35 bits per heavy atom. The van der Waals surface area contributed by atoms with Crippen LogP contribution in [-0.2, 0) is 30.5 Å². The van der Waals surface area contributed by atoms with E-state index in [-0.39, 0.29) is 5.56 Å². The number of methoxy groups -OCH3 is 1. The van der Waals surface area contributed by atoms with Gasteiger partial charge in [-0.2, -0.15) is 0 Å². The molecule has 1 aliphatic carbocycles. The summed E-state index contributed by atoms with van der Waals surface area (Å²) in [6.45, 7) is 4.43. The summed E-state index contributed by atoms with van der Waals surface area (Å²) < 4.78 is 5.26. The highest BCUT2D eigenvalue weighted by Gasteiger charge is 2.23. The molecule has 1 aliphatic rings. The van der Waals surface area contributed by atoms with Crippen LogP contribution < -0.4 is 5.56 Å². The van der Waals surface area contributed by atoms with Crippen LogP contribution >= 0.6 is 11.3 Å². The zero-order valence-corrected chi connectivity index (χ0v) is 19.1. The van der Waals surface area contributed by atoms with E-state index < -0.39 is 6.10 Å². The molecule has 0 saturated carbocycles. The van der Waals surface area contributed by atoms with E-state index in [1.54, 1.807) is 18.4 Å². The van der Waals surface area contributed by atoms with Gasteiger partial charge >= 0.3 is 0 Å². The molecule has 4 rings (SSSR count). The number of aliphatic hydroxyl groups is 1. The Labute approximate surface area is 186 Å². The number of nitrogens with zero attached hydrogens (tertiary/aromatic N) is 2. The molecule has 2 atom stereocenters. The molecule has 0 saturated heterocycles. The maximum Gasteiger partial charge on any atom is 0.259 e. The number of fused-ring (bicyclic) bond motifs is 3. The van der Waals surface area contributed by atoms with E-state index in [9.17, 15) is 9.90 Å². The van der Waals surface area contributed by atoms with E-state index in [4.69, 9.17) is 9.72 Å². The van der Waals surface area contributed by atoms with E-state index in [0.717, 1.165) is 35.0 Å². The molecule has 1 aromatic carbocycles. The lowest BCUT2D eigenvalue weighted by Crippen LogP contribution is -2.36. The Hall–Kier alpha value is -2.06. The third-order valence-electron chi connectivity index (χ3n) is 5.98. The Morgan fingerprint density at radius 3 is 2.94 bits per heavy atom. The lowest BCUT2D eigenvalue weighted by atomic mass is 9.89. The maximum atomic E-state index is 12.9. The molecule has 0 spiro atoms. The molecule has 0 unspecified atom stereocenters. The molecule has 6 nitrogen and oxygen atoms in total. The number of aliphatic hydroxyl groups excluding tert-OH is 1. The minimum Gasteiger partial charge on any atom is -0.391 e. The Balaban J connectivity index is 1.51. The van der Waals surface area contributed by atoms with Gasteiger partial charge in [0.2, 0.25) is 0 Å². The lowest BCUT2D eigenvalue weighted by molar-refractivity contribution is 0.0837. The highest BCUT2D eigenvalue weighted by atomic mass is 32.1. The van der Waals surface area contributed by atoms with Gasteiger partial charge in [0, 0.05) is 25.1 Å². The number of H-pyrrole nitrogens is 1. The molecule has 7 heteroatoms. The van der Waals surface area contributed by atoms with Gasteiger partial charge in [-0.1, -0.05) is 37.3 Å². The maximum absolute atomic E-state index is 12.9. The zero-order valence-electron chi connectivity index (χ0n) is 18.3. The molecule has 2 aromatic heterocycles. The predicted octanol–water partition coefficient (Wildman–Crippen LogP) is 3.16. The van der Waals surface area contributed by atoms with Crippen LogP contribution in [0.4, 0.5) is 0 Å². The number of rotatable bonds is 9. The topological polar surface area (TPSA) is 78.5 Å². The fourth-order valence-electron chi connectivity index (χ4n) is 4.38. The Bertz CT molecular complexity index is 1060. The highest BCUT2D eigenvalue weighted by Crippen LogP contribution is 2.35. The molecule has 0 amide bonds. The summed E-state index contributed by atoms with van der Waals surface area (Å²) in [6.07, 6.45) is 3.21. The smallest absolute Gasteiger partial charge is 0.259 e. The summed E-state index contributed by atoms with van der Waals surface area (Å²) in [5.41, 5.74) is 2.27. The van der Waals surface area contributed by atoms with Crippen LogP contribution in [0, 0.1) is 5.92 Å². The molecule has 166 valence electrons. The average Bonchev–Trinajstić information content (AvgIpc) is 3.10. The molecule has 2 heterocycles. The van der Waals surface area contributed by atoms with Gasteiger partial charge in [-0.05, 0) is 42.7 Å². The lowest BCUT2D eigenvalue weighted by Gasteiger charge is -2.24. The summed E-state index contributed by atoms with van der Waals surface area (Å²) in [5.74, 6) is 1.31. The van der Waals surface area contributed by atoms with Crippen molar-refractivity contribution in [1.29, 1.82) is 0 Å². The highest BCUT2D eigenvalue weighted by molar-refractivity contribution is 7.18. The van der Waals surface area contributed by atoms with E-state index in [1.165, 1.54) is 10.4 Å². The van der Waals surface area contributed by atoms with Gasteiger partial charge in [-0.25, -0.2) is 4.98 Å². The molecule has 31 heavy (non-hydrogen) atoms. The number of aromatic nitrogens is 2. The first-order valence-corrected chi connectivity index (χ1v) is 11.8. The summed E-state index contributed by atoms with van der Waals surface area (Å²) in [4.78, 5) is 25.0. The number of aromatic amines is 1. The van der Waals surface area contributed by atoms with Crippen molar-refractivity contribution < 1.29 is 9.84 Å². The van der Waals surface area contributed by atoms with Crippen molar-refractivity contribution in [2.45, 2.75) is 45.3 Å². The zero-order chi connectivity index (χ0) is 21.8. The van der Waals surface area contributed by atoms with Crippen LogP contribution in [0.3, 0.4) is 0 Å². The molecule has 3 aromatic rings. The van der Waals surface area contributed by atoms with Crippen molar-refractivity contribution in [3.63, 3.8) is 0 Å². The number of aryl methyl sites for hydroxylation is 1. The largest absolute Gasteiger partial charge is 0.391 e. The van der Waals surface area contributed by atoms with Crippen molar-refractivity contribution >= 4 is 21.6 Å². The van der Waals surface area contributed by atoms with Crippen LogP contribution in [0.15, 0.2) is 35.1 Å². The standard InChI is InChI=1S/C24H31N3O3S/c1-16-8-9-19-20(12-16)31-24-22(19)23(29)25-21(26-24)15-27(10-11-30-2)14-18(28)13-17-6-4-3-5-7-17/h3-7,16,18,28H,8-15H2,1-2H3,(H,25,26,29)/t16-,18-/m1/s1. The summed E-state index contributed by atoms with van der Waals surface area (Å²) in [6, 6.07) is 9.98. The van der Waals surface area contributed by atoms with Crippen molar-refractivity contribution in [1.82, 2.24) is 14.9 Å². The summed E-state index contributed by atoms with van der Waals surface area (Å²) in [7, 11) is 1.67. The average molecular weight is 442 g/mol. The van der Waals surface area contributed by atoms with Gasteiger partial charge < -0.3 is 14.8 Å². The van der Waals surface area contributed by atoms with Crippen LogP contribution in [0.2, 0.25) is 0 Å².